The maximum absolute atomic E-state index is 12.3. The Morgan fingerprint density at radius 3 is 2.75 bits per heavy atom. The molecule has 0 radical (unpaired) electrons. The van der Waals surface area contributed by atoms with Crippen LogP contribution in [0, 0.1) is 5.92 Å². The average Bonchev–Trinajstić information content (AvgIpc) is 3.12. The van der Waals surface area contributed by atoms with Gasteiger partial charge in [-0.05, 0) is 12.1 Å². The van der Waals surface area contributed by atoms with E-state index in [2.05, 4.69) is 5.10 Å². The van der Waals surface area contributed by atoms with Gasteiger partial charge in [-0.1, -0.05) is 18.2 Å². The van der Waals surface area contributed by atoms with E-state index in [1.807, 2.05) is 30.3 Å². The molecule has 2 aromatic rings. The van der Waals surface area contributed by atoms with Crippen LogP contribution < -0.4 is 4.74 Å². The minimum atomic E-state index is -0.969. The molecule has 1 fully saturated rings. The van der Waals surface area contributed by atoms with Crippen LogP contribution in [0.5, 0.6) is 5.75 Å². The summed E-state index contributed by atoms with van der Waals surface area (Å²) >= 11 is 0. The largest absolute Gasteiger partial charge is 0.492 e. The topological polar surface area (TPSA) is 84.7 Å². The molecule has 0 saturated carbocycles. The number of benzene rings is 1. The molecule has 1 aromatic heterocycles. The summed E-state index contributed by atoms with van der Waals surface area (Å²) in [5.41, 5.74) is 0.732. The van der Waals surface area contributed by atoms with Gasteiger partial charge in [0.25, 0.3) is 0 Å². The van der Waals surface area contributed by atoms with Crippen molar-refractivity contribution in [3.8, 4) is 5.75 Å². The molecule has 2 atom stereocenters. The number of aliphatic carboxylic acids is 1. The molecule has 2 unspecified atom stereocenters. The lowest BCUT2D eigenvalue weighted by Crippen LogP contribution is -2.33. The maximum atomic E-state index is 12.3. The van der Waals surface area contributed by atoms with Crippen molar-refractivity contribution in [1.82, 2.24) is 14.7 Å². The Balaban J connectivity index is 1.73. The van der Waals surface area contributed by atoms with Crippen molar-refractivity contribution >= 4 is 11.9 Å². The molecule has 126 valence electrons. The number of nitrogens with zero attached hydrogens (tertiary/aromatic N) is 3. The first-order valence-electron chi connectivity index (χ1n) is 7.75. The number of amides is 1. The number of carbonyl (C=O) groups excluding carboxylic acids is 1. The Hall–Kier alpha value is -2.83. The quantitative estimate of drug-likeness (QED) is 0.867. The molecule has 7 nitrogen and oxygen atoms in total. The van der Waals surface area contributed by atoms with Gasteiger partial charge in [0.15, 0.2) is 0 Å². The van der Waals surface area contributed by atoms with Crippen LogP contribution in [0.25, 0.3) is 0 Å². The van der Waals surface area contributed by atoms with Crippen molar-refractivity contribution in [3.05, 3.63) is 48.3 Å². The lowest BCUT2D eigenvalue weighted by atomic mass is 9.96. The standard InChI is InChI=1S/C17H19N3O4/c1-19-11-12(10-18-19)16-14(17(22)23)9-15(21)20(16)7-8-24-13-5-3-2-4-6-13/h2-6,10-11,14,16H,7-9H2,1H3,(H,22,23). The van der Waals surface area contributed by atoms with Gasteiger partial charge in [0.1, 0.15) is 12.4 Å². The molecule has 1 aliphatic rings. The van der Waals surface area contributed by atoms with E-state index in [0.29, 0.717) is 13.2 Å². The second-order valence-corrected chi connectivity index (χ2v) is 5.79. The second-order valence-electron chi connectivity index (χ2n) is 5.79. The van der Waals surface area contributed by atoms with Crippen LogP contribution >= 0.6 is 0 Å². The zero-order valence-electron chi connectivity index (χ0n) is 13.3. The Kier molecular flexibility index (Phi) is 4.50. The number of para-hydroxylation sites is 1. The summed E-state index contributed by atoms with van der Waals surface area (Å²) in [6.45, 7) is 0.635. The molecule has 1 N–H and O–H groups in total. The monoisotopic (exact) mass is 329 g/mol. The van der Waals surface area contributed by atoms with Gasteiger partial charge in [0.05, 0.1) is 24.7 Å². The zero-order chi connectivity index (χ0) is 17.1. The summed E-state index contributed by atoms with van der Waals surface area (Å²) in [4.78, 5) is 25.4. The van der Waals surface area contributed by atoms with Gasteiger partial charge in [-0.25, -0.2) is 0 Å². The third-order valence-corrected chi connectivity index (χ3v) is 4.16. The summed E-state index contributed by atoms with van der Waals surface area (Å²) in [6, 6.07) is 8.80. The van der Waals surface area contributed by atoms with E-state index in [1.165, 1.54) is 0 Å². The van der Waals surface area contributed by atoms with E-state index in [1.54, 1.807) is 29.0 Å². The van der Waals surface area contributed by atoms with Gasteiger partial charge >= 0.3 is 5.97 Å². The van der Waals surface area contributed by atoms with Crippen LogP contribution in [-0.2, 0) is 16.6 Å². The van der Waals surface area contributed by atoms with Crippen LogP contribution in [0.2, 0.25) is 0 Å². The Morgan fingerprint density at radius 1 is 1.38 bits per heavy atom. The van der Waals surface area contributed by atoms with Crippen LogP contribution in [0.1, 0.15) is 18.0 Å². The highest BCUT2D eigenvalue weighted by Crippen LogP contribution is 2.37. The number of ether oxygens (including phenoxy) is 1. The van der Waals surface area contributed by atoms with Gasteiger partial charge in [0, 0.05) is 25.2 Å². The van der Waals surface area contributed by atoms with E-state index in [9.17, 15) is 14.7 Å². The fourth-order valence-electron chi connectivity index (χ4n) is 3.06. The molecular weight excluding hydrogens is 310 g/mol. The number of rotatable bonds is 6. The van der Waals surface area contributed by atoms with Gasteiger partial charge in [-0.3, -0.25) is 14.3 Å². The fraction of sp³-hybridized carbons (Fsp3) is 0.353. The zero-order valence-corrected chi connectivity index (χ0v) is 13.3. The number of carboxylic acid groups (broad SMARTS) is 1. The lowest BCUT2D eigenvalue weighted by Gasteiger charge is -2.26. The minimum absolute atomic E-state index is 0.000229. The molecular formula is C17H19N3O4. The SMILES string of the molecule is Cn1cc(C2C(C(=O)O)CC(=O)N2CCOc2ccccc2)cn1. The van der Waals surface area contributed by atoms with Crippen molar-refractivity contribution in [2.75, 3.05) is 13.2 Å². The van der Waals surface area contributed by atoms with E-state index < -0.39 is 17.9 Å². The number of hydrogen-bond donors (Lipinski definition) is 1. The minimum Gasteiger partial charge on any atom is -0.492 e. The molecule has 3 rings (SSSR count). The molecule has 7 heteroatoms. The first kappa shape index (κ1) is 16.0. The van der Waals surface area contributed by atoms with E-state index in [4.69, 9.17) is 4.74 Å². The molecule has 0 aliphatic carbocycles. The van der Waals surface area contributed by atoms with Crippen LogP contribution in [0.15, 0.2) is 42.7 Å². The molecule has 0 spiro atoms. The predicted octanol–water partition coefficient (Wildman–Crippen LogP) is 1.47. The molecule has 1 aliphatic heterocycles. The van der Waals surface area contributed by atoms with Crippen molar-refractivity contribution in [2.45, 2.75) is 12.5 Å². The third-order valence-electron chi connectivity index (χ3n) is 4.16. The van der Waals surface area contributed by atoms with Crippen LogP contribution in [0.4, 0.5) is 0 Å². The molecule has 1 amide bonds. The first-order chi connectivity index (χ1) is 11.6. The highest BCUT2D eigenvalue weighted by atomic mass is 16.5. The molecule has 1 aromatic carbocycles. The maximum Gasteiger partial charge on any atom is 0.309 e. The average molecular weight is 329 g/mol. The number of aryl methyl sites for hydroxylation is 1. The van der Waals surface area contributed by atoms with Crippen LogP contribution in [-0.4, -0.2) is 44.8 Å². The van der Waals surface area contributed by atoms with E-state index in [-0.39, 0.29) is 12.3 Å². The van der Waals surface area contributed by atoms with Crippen molar-refractivity contribution in [3.63, 3.8) is 0 Å². The third kappa shape index (κ3) is 3.24. The van der Waals surface area contributed by atoms with Gasteiger partial charge < -0.3 is 14.7 Å². The van der Waals surface area contributed by atoms with Crippen molar-refractivity contribution < 1.29 is 19.4 Å². The summed E-state index contributed by atoms with van der Waals surface area (Å²) in [5, 5.41) is 13.6. The van der Waals surface area contributed by atoms with Crippen LogP contribution in [0.3, 0.4) is 0 Å². The van der Waals surface area contributed by atoms with Gasteiger partial charge in [0.2, 0.25) is 5.91 Å². The number of hydrogen-bond acceptors (Lipinski definition) is 4. The molecule has 2 heterocycles. The second kappa shape index (κ2) is 6.74. The molecule has 0 bridgehead atoms. The number of aromatic nitrogens is 2. The summed E-state index contributed by atoms with van der Waals surface area (Å²) in [7, 11) is 1.76. The summed E-state index contributed by atoms with van der Waals surface area (Å²) in [6.07, 6.45) is 3.37. The first-order valence-corrected chi connectivity index (χ1v) is 7.75. The lowest BCUT2D eigenvalue weighted by molar-refractivity contribution is -0.142. The summed E-state index contributed by atoms with van der Waals surface area (Å²) in [5.74, 6) is -1.19. The Labute approximate surface area is 139 Å². The van der Waals surface area contributed by atoms with Gasteiger partial charge in [-0.15, -0.1) is 0 Å². The molecule has 24 heavy (non-hydrogen) atoms. The van der Waals surface area contributed by atoms with Crippen molar-refractivity contribution in [1.29, 1.82) is 0 Å². The normalized spacial score (nSPS) is 20.4. The highest BCUT2D eigenvalue weighted by molar-refractivity contribution is 5.87. The molecule has 1 saturated heterocycles. The Bertz CT molecular complexity index is 728. The highest BCUT2D eigenvalue weighted by Gasteiger charge is 2.45. The predicted molar refractivity (Wildman–Crippen MR) is 85.3 cm³/mol. The summed E-state index contributed by atoms with van der Waals surface area (Å²) < 4.78 is 7.25. The number of carboxylic acids is 1. The number of likely N-dealkylation sites (tertiary alicyclic amines) is 1. The van der Waals surface area contributed by atoms with E-state index in [0.717, 1.165) is 11.3 Å². The van der Waals surface area contributed by atoms with E-state index >= 15 is 0 Å². The smallest absolute Gasteiger partial charge is 0.309 e. The fourth-order valence-corrected chi connectivity index (χ4v) is 3.06. The Morgan fingerprint density at radius 2 is 2.12 bits per heavy atom. The van der Waals surface area contributed by atoms with Gasteiger partial charge in [-0.2, -0.15) is 5.10 Å². The number of carbonyl (C=O) groups is 2. The van der Waals surface area contributed by atoms with Crippen molar-refractivity contribution in [2.24, 2.45) is 13.0 Å².